The van der Waals surface area contributed by atoms with Gasteiger partial charge in [0.15, 0.2) is 0 Å². The summed E-state index contributed by atoms with van der Waals surface area (Å²) >= 11 is 16.2. The van der Waals surface area contributed by atoms with Gasteiger partial charge in [-0.25, -0.2) is 0 Å². The van der Waals surface area contributed by atoms with Gasteiger partial charge in [-0.15, -0.1) is 0 Å². The molecule has 2 saturated carbocycles. The Morgan fingerprint density at radius 2 is 1.33 bits per heavy atom. The molecule has 1 saturated heterocycles. The molecular weight excluding hydrogens is 737 g/mol. The van der Waals surface area contributed by atoms with Crippen molar-refractivity contribution in [2.75, 3.05) is 19.8 Å². The van der Waals surface area contributed by atoms with Crippen molar-refractivity contribution in [3.8, 4) is 0 Å². The summed E-state index contributed by atoms with van der Waals surface area (Å²) in [6.45, 7) is 30.5. The van der Waals surface area contributed by atoms with E-state index in [1.165, 1.54) is 41.7 Å². The van der Waals surface area contributed by atoms with Crippen LogP contribution in [-0.2, 0) is 27.8 Å². The summed E-state index contributed by atoms with van der Waals surface area (Å²) in [6.07, 6.45) is 9.30. The fraction of sp³-hybridized carbons (Fsp3) is 0.711. The zero-order valence-electron chi connectivity index (χ0n) is 33.9. The van der Waals surface area contributed by atoms with Crippen LogP contribution in [0.15, 0.2) is 46.0 Å². The van der Waals surface area contributed by atoms with E-state index in [4.69, 9.17) is 32.8 Å². The lowest BCUT2D eigenvalue weighted by Crippen LogP contribution is -2.47. The molecule has 3 nitrogen and oxygen atoms in total. The van der Waals surface area contributed by atoms with Crippen LogP contribution in [0.5, 0.6) is 0 Å². The quantitative estimate of drug-likeness (QED) is 0.301. The third-order valence-electron chi connectivity index (χ3n) is 13.1. The van der Waals surface area contributed by atoms with Gasteiger partial charge in [0.05, 0.1) is 18.9 Å². The molecule has 4 aliphatic rings. The number of oxime groups is 1. The smallest absolute Gasteiger partial charge is 0.125 e. The molecule has 2 aliphatic carbocycles. The largest absolute Gasteiger partial charge is 0.395 e. The van der Waals surface area contributed by atoms with Crippen LogP contribution in [0.2, 0.25) is 10.0 Å². The number of nitrogens with zero attached hydrogens (tertiary/aromatic N) is 1. The zero-order valence-corrected chi connectivity index (χ0v) is 37.0. The predicted octanol–water partition coefficient (Wildman–Crippen LogP) is 14.2. The molecule has 0 aromatic heterocycles. The van der Waals surface area contributed by atoms with Crippen LogP contribution in [0.1, 0.15) is 138 Å². The van der Waals surface area contributed by atoms with E-state index in [1.54, 1.807) is 0 Å². The average molecular weight is 806 g/mol. The zero-order chi connectivity index (χ0) is 38.0. The summed E-state index contributed by atoms with van der Waals surface area (Å²) < 4.78 is 7.08. The van der Waals surface area contributed by atoms with Crippen molar-refractivity contribution in [3.63, 3.8) is 0 Å². The molecule has 5 atom stereocenters. The Balaban J connectivity index is 0.000000189. The first kappa shape index (κ1) is 42.7. The molecule has 0 N–H and O–H groups in total. The number of fused-ring (bicyclic) bond motifs is 2. The molecule has 6 rings (SSSR count). The fourth-order valence-electron chi connectivity index (χ4n) is 8.33. The number of aryl methyl sites for hydroxylation is 2. The van der Waals surface area contributed by atoms with Crippen molar-refractivity contribution in [2.45, 2.75) is 140 Å². The van der Waals surface area contributed by atoms with Crippen LogP contribution in [0.25, 0.3) is 0 Å². The van der Waals surface area contributed by atoms with E-state index >= 15 is 0 Å². The Kier molecular flexibility index (Phi) is 14.0. The highest BCUT2D eigenvalue weighted by atomic mass is 79.9. The predicted molar refractivity (Wildman–Crippen MR) is 223 cm³/mol. The van der Waals surface area contributed by atoms with Gasteiger partial charge in [-0.3, -0.25) is 0 Å². The van der Waals surface area contributed by atoms with Gasteiger partial charge >= 0.3 is 0 Å². The molecule has 0 spiro atoms. The van der Waals surface area contributed by atoms with Crippen LogP contribution in [0, 0.1) is 45.3 Å². The minimum atomic E-state index is 0.168. The summed E-state index contributed by atoms with van der Waals surface area (Å²) in [4.78, 5) is 5.14. The molecule has 2 aromatic rings. The van der Waals surface area contributed by atoms with Crippen molar-refractivity contribution >= 4 is 44.8 Å². The molecule has 2 heterocycles. The molecule has 5 unspecified atom stereocenters. The SMILES string of the molecule is CC(C)(C)CCc1ccc(Br)cc1Cl.CC1C2COCC2(c2ccc(CCC(C)(C)C)c(Cl)c2)CCC1(C)C.CC1C2CON=C2CCC1(C)C. The highest BCUT2D eigenvalue weighted by Crippen LogP contribution is 2.56. The fourth-order valence-corrected chi connectivity index (χ4v) is 9.37. The summed E-state index contributed by atoms with van der Waals surface area (Å²) in [7, 11) is 0. The Bertz CT molecular complexity index is 1500. The van der Waals surface area contributed by atoms with Crippen molar-refractivity contribution < 1.29 is 9.57 Å². The molecule has 286 valence electrons. The highest BCUT2D eigenvalue weighted by molar-refractivity contribution is 9.10. The third kappa shape index (κ3) is 11.0. The van der Waals surface area contributed by atoms with Gasteiger partial charge in [-0.2, -0.15) is 0 Å². The van der Waals surface area contributed by atoms with Gasteiger partial charge in [0.1, 0.15) is 6.61 Å². The summed E-state index contributed by atoms with van der Waals surface area (Å²) in [6, 6.07) is 13.0. The molecule has 6 heteroatoms. The van der Waals surface area contributed by atoms with E-state index in [0.717, 1.165) is 66.4 Å². The van der Waals surface area contributed by atoms with Crippen molar-refractivity contribution in [2.24, 2.45) is 50.5 Å². The number of ether oxygens (including phenoxy) is 1. The van der Waals surface area contributed by atoms with Crippen molar-refractivity contribution in [1.82, 2.24) is 0 Å². The number of halogens is 3. The maximum atomic E-state index is 6.72. The van der Waals surface area contributed by atoms with Crippen LogP contribution in [-0.4, -0.2) is 25.5 Å². The van der Waals surface area contributed by atoms with Gasteiger partial charge in [-0.05, 0) is 126 Å². The second kappa shape index (κ2) is 16.7. The first-order valence-corrected chi connectivity index (χ1v) is 21.1. The van der Waals surface area contributed by atoms with Crippen molar-refractivity contribution in [3.05, 3.63) is 67.6 Å². The Hall–Kier alpha value is -1.07. The van der Waals surface area contributed by atoms with Gasteiger partial charge in [0, 0.05) is 25.9 Å². The molecule has 0 bridgehead atoms. The normalized spacial score (nSPS) is 27.9. The third-order valence-corrected chi connectivity index (χ3v) is 14.3. The Morgan fingerprint density at radius 3 is 1.90 bits per heavy atom. The summed E-state index contributed by atoms with van der Waals surface area (Å²) in [5.41, 5.74) is 6.99. The van der Waals surface area contributed by atoms with E-state index in [2.05, 4.69) is 128 Å². The monoisotopic (exact) mass is 803 g/mol. The number of hydrogen-bond acceptors (Lipinski definition) is 3. The molecular formula is C45H68BrCl2NO2. The molecule has 0 radical (unpaired) electrons. The number of benzene rings is 2. The van der Waals surface area contributed by atoms with Crippen LogP contribution in [0.3, 0.4) is 0 Å². The Labute approximate surface area is 330 Å². The number of hydrogen-bond donors (Lipinski definition) is 0. The summed E-state index contributed by atoms with van der Waals surface area (Å²) in [5.74, 6) is 2.59. The Morgan fingerprint density at radius 1 is 0.765 bits per heavy atom. The van der Waals surface area contributed by atoms with Crippen LogP contribution >= 0.6 is 39.1 Å². The molecule has 2 aliphatic heterocycles. The van der Waals surface area contributed by atoms with Crippen molar-refractivity contribution in [1.29, 1.82) is 0 Å². The van der Waals surface area contributed by atoms with E-state index in [1.807, 2.05) is 12.1 Å². The van der Waals surface area contributed by atoms with Gasteiger partial charge < -0.3 is 9.57 Å². The van der Waals surface area contributed by atoms with Gasteiger partial charge in [0.25, 0.3) is 0 Å². The van der Waals surface area contributed by atoms with E-state index < -0.39 is 0 Å². The van der Waals surface area contributed by atoms with E-state index in [-0.39, 0.29) is 5.41 Å². The first-order chi connectivity index (χ1) is 23.5. The highest BCUT2D eigenvalue weighted by Gasteiger charge is 2.54. The topological polar surface area (TPSA) is 30.8 Å². The molecule has 0 amide bonds. The lowest BCUT2D eigenvalue weighted by Gasteiger charge is -2.50. The lowest BCUT2D eigenvalue weighted by atomic mass is 9.53. The lowest BCUT2D eigenvalue weighted by molar-refractivity contribution is 0.0458. The van der Waals surface area contributed by atoms with Crippen LogP contribution < -0.4 is 0 Å². The van der Waals surface area contributed by atoms with Gasteiger partial charge in [-0.1, -0.05) is 146 Å². The maximum absolute atomic E-state index is 6.72. The molecule has 51 heavy (non-hydrogen) atoms. The minimum Gasteiger partial charge on any atom is -0.395 e. The van der Waals surface area contributed by atoms with E-state index in [0.29, 0.717) is 45.3 Å². The van der Waals surface area contributed by atoms with E-state index in [9.17, 15) is 0 Å². The summed E-state index contributed by atoms with van der Waals surface area (Å²) in [5, 5.41) is 5.90. The molecule has 2 aromatic carbocycles. The second-order valence-corrected chi connectivity index (χ2v) is 21.7. The van der Waals surface area contributed by atoms with Gasteiger partial charge in [0.2, 0.25) is 0 Å². The standard InChI is InChI=1S/C23H35ClO.C12H16BrCl.C10H17NO/c1-16-19-14-25-15-23(19,12-11-22(16,5)6)18-8-7-17(20(24)13-18)9-10-21(2,3)4;1-12(2,3)7-6-9-4-5-10(13)8-11(9)14;1-7-8-6-12-11-9(8)4-5-10(7,2)3/h7-8,13,16,19H,9-12,14-15H2,1-6H3;4-5,8H,6-7H2,1-3H3;7-8H,4-6H2,1-3H3. The maximum Gasteiger partial charge on any atom is 0.125 e. The second-order valence-electron chi connectivity index (χ2n) is 20.0. The minimum absolute atomic E-state index is 0.168. The first-order valence-electron chi connectivity index (χ1n) is 19.5. The average Bonchev–Trinajstić information content (AvgIpc) is 3.69. The number of rotatable bonds is 5. The molecule has 3 fully saturated rings. The van der Waals surface area contributed by atoms with Crippen LogP contribution in [0.4, 0.5) is 0 Å².